The fraction of sp³-hybridized carbons (Fsp3) is 0.417. The van der Waals surface area contributed by atoms with Gasteiger partial charge in [-0.05, 0) is 25.5 Å². The smallest absolute Gasteiger partial charge is 0.178 e. The van der Waals surface area contributed by atoms with Crippen LogP contribution in [0.2, 0.25) is 0 Å². The van der Waals surface area contributed by atoms with Crippen LogP contribution in [0.15, 0.2) is 24.3 Å². The maximum atomic E-state index is 9.08. The van der Waals surface area contributed by atoms with Crippen LogP contribution in [0.3, 0.4) is 0 Å². The molecule has 0 saturated carbocycles. The summed E-state index contributed by atoms with van der Waals surface area (Å²) in [5, 5.41) is 24.8. The van der Waals surface area contributed by atoms with Gasteiger partial charge in [0.05, 0.1) is 0 Å². The van der Waals surface area contributed by atoms with Crippen molar-refractivity contribution < 1.29 is 5.11 Å². The van der Waals surface area contributed by atoms with Gasteiger partial charge in [-0.2, -0.15) is 4.52 Å². The van der Waals surface area contributed by atoms with Crippen molar-refractivity contribution in [1.82, 2.24) is 19.8 Å². The molecule has 0 fully saturated rings. The predicted molar refractivity (Wildman–Crippen MR) is 67.3 cm³/mol. The minimum Gasteiger partial charge on any atom is -0.396 e. The van der Waals surface area contributed by atoms with Crippen molar-refractivity contribution in [3.63, 3.8) is 0 Å². The van der Waals surface area contributed by atoms with E-state index in [9.17, 15) is 0 Å². The van der Waals surface area contributed by atoms with Crippen LogP contribution in [0.1, 0.15) is 12.2 Å². The molecule has 6 heteroatoms. The lowest BCUT2D eigenvalue weighted by atomic mass is 10.1. The summed E-state index contributed by atoms with van der Waals surface area (Å²) in [7, 11) is 0. The molecular weight excluding hydrogens is 230 g/mol. The number of aliphatic hydroxyl groups is 1. The van der Waals surface area contributed by atoms with Gasteiger partial charge in [-0.1, -0.05) is 12.2 Å². The number of aryl methyl sites for hydroxylation is 1. The molecule has 18 heavy (non-hydrogen) atoms. The van der Waals surface area contributed by atoms with Gasteiger partial charge in [0.15, 0.2) is 11.5 Å². The molecule has 2 N–H and O–H groups in total. The molecule has 2 atom stereocenters. The van der Waals surface area contributed by atoms with Gasteiger partial charge in [-0.25, -0.2) is 0 Å². The highest BCUT2D eigenvalue weighted by Gasteiger charge is 2.18. The summed E-state index contributed by atoms with van der Waals surface area (Å²) in [6.07, 6.45) is 5.02. The molecule has 0 saturated heterocycles. The number of hydrogen-bond donors (Lipinski definition) is 2. The Morgan fingerprint density at radius 3 is 3.06 bits per heavy atom. The average Bonchev–Trinajstić information content (AvgIpc) is 2.97. The zero-order valence-corrected chi connectivity index (χ0v) is 10.1. The molecule has 0 amide bonds. The van der Waals surface area contributed by atoms with Gasteiger partial charge in [0.1, 0.15) is 5.82 Å². The summed E-state index contributed by atoms with van der Waals surface area (Å²) in [6, 6.07) is 4.00. The zero-order chi connectivity index (χ0) is 12.5. The lowest BCUT2D eigenvalue weighted by Crippen LogP contribution is -2.18. The van der Waals surface area contributed by atoms with Crippen molar-refractivity contribution in [1.29, 1.82) is 0 Å². The van der Waals surface area contributed by atoms with Crippen molar-refractivity contribution in [2.24, 2.45) is 5.92 Å². The molecule has 2 heterocycles. The SMILES string of the molecule is Cc1nnc2ccc(N[C@H]3C=C[C@@H](CO)C3)nn12. The van der Waals surface area contributed by atoms with E-state index < -0.39 is 0 Å². The maximum Gasteiger partial charge on any atom is 0.178 e. The predicted octanol–water partition coefficient (Wildman–Crippen LogP) is 0.782. The van der Waals surface area contributed by atoms with E-state index >= 15 is 0 Å². The number of aromatic nitrogens is 4. The van der Waals surface area contributed by atoms with Crippen molar-refractivity contribution in [2.45, 2.75) is 19.4 Å². The van der Waals surface area contributed by atoms with E-state index in [2.05, 4.69) is 26.7 Å². The fourth-order valence-electron chi connectivity index (χ4n) is 2.18. The highest BCUT2D eigenvalue weighted by atomic mass is 16.3. The van der Waals surface area contributed by atoms with E-state index in [-0.39, 0.29) is 18.6 Å². The van der Waals surface area contributed by atoms with Gasteiger partial charge in [0.25, 0.3) is 0 Å². The number of hydrogen-bond acceptors (Lipinski definition) is 5. The largest absolute Gasteiger partial charge is 0.396 e. The number of anilines is 1. The Morgan fingerprint density at radius 2 is 2.28 bits per heavy atom. The topological polar surface area (TPSA) is 75.3 Å². The zero-order valence-electron chi connectivity index (χ0n) is 10.1. The molecule has 1 aliphatic carbocycles. The van der Waals surface area contributed by atoms with Crippen molar-refractivity contribution >= 4 is 11.5 Å². The van der Waals surface area contributed by atoms with Crippen LogP contribution >= 0.6 is 0 Å². The molecule has 2 aromatic heterocycles. The third-order valence-corrected chi connectivity index (χ3v) is 3.16. The standard InChI is InChI=1S/C12H15N5O/c1-8-14-15-12-5-4-11(16-17(8)12)13-10-3-2-9(6-10)7-18/h2-5,9-10,18H,6-7H2,1H3,(H,13,16)/t9-,10+/m1/s1. The van der Waals surface area contributed by atoms with E-state index in [4.69, 9.17) is 5.11 Å². The first kappa shape index (κ1) is 11.2. The van der Waals surface area contributed by atoms with E-state index in [1.54, 1.807) is 4.52 Å². The fourth-order valence-corrected chi connectivity index (χ4v) is 2.18. The van der Waals surface area contributed by atoms with Gasteiger partial charge >= 0.3 is 0 Å². The van der Waals surface area contributed by atoms with E-state index in [0.717, 1.165) is 23.7 Å². The van der Waals surface area contributed by atoms with Crippen LogP contribution in [0.5, 0.6) is 0 Å². The molecular formula is C12H15N5O. The Hall–Kier alpha value is -1.95. The van der Waals surface area contributed by atoms with Crippen LogP contribution in [-0.4, -0.2) is 37.6 Å². The summed E-state index contributed by atoms with van der Waals surface area (Å²) in [5.41, 5.74) is 0.744. The Kier molecular flexibility index (Phi) is 2.71. The summed E-state index contributed by atoms with van der Waals surface area (Å²) >= 11 is 0. The maximum absolute atomic E-state index is 9.08. The van der Waals surface area contributed by atoms with Crippen LogP contribution in [0.25, 0.3) is 5.65 Å². The molecule has 0 spiro atoms. The van der Waals surface area contributed by atoms with Crippen LogP contribution in [0, 0.1) is 12.8 Å². The van der Waals surface area contributed by atoms with E-state index in [0.29, 0.717) is 0 Å². The molecule has 0 aliphatic heterocycles. The van der Waals surface area contributed by atoms with Crippen LogP contribution in [0.4, 0.5) is 5.82 Å². The first-order valence-corrected chi connectivity index (χ1v) is 6.01. The number of rotatable bonds is 3. The summed E-state index contributed by atoms with van der Waals surface area (Å²) in [6.45, 7) is 2.07. The Morgan fingerprint density at radius 1 is 1.39 bits per heavy atom. The van der Waals surface area contributed by atoms with Crippen LogP contribution < -0.4 is 5.32 Å². The molecule has 94 valence electrons. The first-order valence-electron chi connectivity index (χ1n) is 6.01. The molecule has 0 radical (unpaired) electrons. The van der Waals surface area contributed by atoms with E-state index in [1.807, 2.05) is 25.1 Å². The van der Waals surface area contributed by atoms with Gasteiger partial charge < -0.3 is 10.4 Å². The third kappa shape index (κ3) is 1.95. The summed E-state index contributed by atoms with van der Waals surface area (Å²) < 4.78 is 1.71. The average molecular weight is 245 g/mol. The second-order valence-electron chi connectivity index (χ2n) is 4.55. The third-order valence-electron chi connectivity index (χ3n) is 3.16. The quantitative estimate of drug-likeness (QED) is 0.782. The molecule has 1 aliphatic rings. The normalized spacial score (nSPS) is 22.8. The number of nitrogens with one attached hydrogen (secondary N) is 1. The lowest BCUT2D eigenvalue weighted by Gasteiger charge is -2.13. The Balaban J connectivity index is 1.79. The monoisotopic (exact) mass is 245 g/mol. The highest BCUT2D eigenvalue weighted by molar-refractivity contribution is 5.45. The van der Waals surface area contributed by atoms with Crippen molar-refractivity contribution in [3.8, 4) is 0 Å². The first-order chi connectivity index (χ1) is 8.76. The summed E-state index contributed by atoms with van der Waals surface area (Å²) in [4.78, 5) is 0. The van der Waals surface area contributed by atoms with Gasteiger partial charge in [-0.3, -0.25) is 0 Å². The minimum atomic E-state index is 0.200. The van der Waals surface area contributed by atoms with Gasteiger partial charge in [0, 0.05) is 18.6 Å². The lowest BCUT2D eigenvalue weighted by molar-refractivity contribution is 0.250. The number of aliphatic hydroxyl groups excluding tert-OH is 1. The Bertz CT molecular complexity index is 591. The molecule has 0 aromatic carbocycles. The van der Waals surface area contributed by atoms with Gasteiger partial charge in [-0.15, -0.1) is 15.3 Å². The Labute approximate surface area is 104 Å². The number of nitrogens with zero attached hydrogens (tertiary/aromatic N) is 4. The van der Waals surface area contributed by atoms with E-state index in [1.165, 1.54) is 0 Å². The van der Waals surface area contributed by atoms with Crippen LogP contribution in [-0.2, 0) is 0 Å². The second-order valence-corrected chi connectivity index (χ2v) is 4.55. The molecule has 6 nitrogen and oxygen atoms in total. The van der Waals surface area contributed by atoms with Crippen molar-refractivity contribution in [3.05, 3.63) is 30.1 Å². The van der Waals surface area contributed by atoms with Crippen molar-refractivity contribution in [2.75, 3.05) is 11.9 Å². The highest BCUT2D eigenvalue weighted by Crippen LogP contribution is 2.20. The number of fused-ring (bicyclic) bond motifs is 1. The molecule has 0 unspecified atom stereocenters. The molecule has 0 bridgehead atoms. The van der Waals surface area contributed by atoms with Gasteiger partial charge in [0.2, 0.25) is 0 Å². The second kappa shape index (κ2) is 4.38. The minimum absolute atomic E-state index is 0.200. The molecule has 2 aromatic rings. The summed E-state index contributed by atoms with van der Waals surface area (Å²) in [5.74, 6) is 1.81. The molecule has 3 rings (SSSR count).